The molecule has 0 amide bonds. The number of hydrogen-bond donors (Lipinski definition) is 0. The van der Waals surface area contributed by atoms with Crippen LogP contribution >= 0.6 is 11.3 Å². The summed E-state index contributed by atoms with van der Waals surface area (Å²) in [5.74, 6) is 3.28. The predicted molar refractivity (Wildman–Crippen MR) is 61.1 cm³/mol. The maximum absolute atomic E-state index is 5.42. The maximum atomic E-state index is 5.42. The van der Waals surface area contributed by atoms with Crippen LogP contribution in [0.3, 0.4) is 0 Å². The van der Waals surface area contributed by atoms with E-state index in [2.05, 4.69) is 31.9 Å². The number of hydrogen-bond acceptors (Lipinski definition) is 1. The lowest BCUT2D eigenvalue weighted by Gasteiger charge is -1.96. The van der Waals surface area contributed by atoms with Crippen LogP contribution in [0.25, 0.3) is 6.08 Å². The van der Waals surface area contributed by atoms with Crippen LogP contribution in [0.1, 0.15) is 42.0 Å². The van der Waals surface area contributed by atoms with Gasteiger partial charge in [0.2, 0.25) is 0 Å². The summed E-state index contributed by atoms with van der Waals surface area (Å²) in [6, 6.07) is 2.12. The van der Waals surface area contributed by atoms with Gasteiger partial charge in [-0.3, -0.25) is 0 Å². The molecule has 0 aliphatic rings. The van der Waals surface area contributed by atoms with Gasteiger partial charge in [0.15, 0.2) is 0 Å². The third-order valence-electron chi connectivity index (χ3n) is 1.82. The molecule has 0 fully saturated rings. The third-order valence-corrected chi connectivity index (χ3v) is 3.22. The van der Waals surface area contributed by atoms with Gasteiger partial charge in [-0.2, -0.15) is 0 Å². The Balaban J connectivity index is 3.13. The van der Waals surface area contributed by atoms with Crippen LogP contribution in [-0.4, -0.2) is 0 Å². The fourth-order valence-electron chi connectivity index (χ4n) is 1.10. The number of rotatable bonds is 2. The Bertz CT molecular complexity index is 348. The summed E-state index contributed by atoms with van der Waals surface area (Å²) in [5.41, 5.74) is 1.02. The zero-order valence-electron chi connectivity index (χ0n) is 8.29. The van der Waals surface area contributed by atoms with Gasteiger partial charge >= 0.3 is 0 Å². The summed E-state index contributed by atoms with van der Waals surface area (Å²) in [7, 11) is 0. The Morgan fingerprint density at radius 1 is 1.54 bits per heavy atom. The van der Waals surface area contributed by atoms with E-state index in [0.717, 1.165) is 5.56 Å². The van der Waals surface area contributed by atoms with Crippen molar-refractivity contribution in [3.05, 3.63) is 27.5 Å². The second kappa shape index (κ2) is 4.30. The van der Waals surface area contributed by atoms with Crippen LogP contribution in [0.5, 0.6) is 0 Å². The van der Waals surface area contributed by atoms with E-state index >= 15 is 0 Å². The van der Waals surface area contributed by atoms with E-state index in [0.29, 0.717) is 5.92 Å². The van der Waals surface area contributed by atoms with Gasteiger partial charge in [-0.25, -0.2) is 0 Å². The molecule has 1 aromatic rings. The van der Waals surface area contributed by atoms with E-state index in [1.54, 1.807) is 11.3 Å². The smallest absolute Gasteiger partial charge is 0.0426 e. The van der Waals surface area contributed by atoms with Gasteiger partial charge in [0.1, 0.15) is 0 Å². The molecular formula is C12H14S. The molecule has 0 bridgehead atoms. The zero-order valence-corrected chi connectivity index (χ0v) is 9.11. The number of thiophene rings is 1. The van der Waals surface area contributed by atoms with Crippen molar-refractivity contribution in [2.45, 2.75) is 26.7 Å². The molecule has 68 valence electrons. The molecule has 13 heavy (non-hydrogen) atoms. The van der Waals surface area contributed by atoms with Crippen molar-refractivity contribution in [2.24, 2.45) is 0 Å². The Morgan fingerprint density at radius 3 is 2.69 bits per heavy atom. The van der Waals surface area contributed by atoms with Crippen LogP contribution in [-0.2, 0) is 0 Å². The first-order valence-corrected chi connectivity index (χ1v) is 5.23. The van der Waals surface area contributed by atoms with E-state index in [1.165, 1.54) is 9.75 Å². The summed E-state index contributed by atoms with van der Waals surface area (Å²) in [6.07, 6.45) is 9.52. The van der Waals surface area contributed by atoms with Gasteiger partial charge in [-0.15, -0.1) is 17.8 Å². The molecule has 0 saturated heterocycles. The average molecular weight is 190 g/mol. The molecule has 1 heterocycles. The molecule has 0 unspecified atom stereocenters. The van der Waals surface area contributed by atoms with Gasteiger partial charge in [-0.05, 0) is 25.0 Å². The molecule has 0 aliphatic heterocycles. The van der Waals surface area contributed by atoms with Crippen molar-refractivity contribution < 1.29 is 0 Å². The van der Waals surface area contributed by atoms with Gasteiger partial charge in [0.25, 0.3) is 0 Å². The molecule has 1 rings (SSSR count). The minimum absolute atomic E-state index is 0.566. The first kappa shape index (κ1) is 10.1. The largest absolute Gasteiger partial charge is 0.139 e. The highest BCUT2D eigenvalue weighted by atomic mass is 32.1. The fourth-order valence-corrected chi connectivity index (χ4v) is 2.20. The first-order valence-electron chi connectivity index (χ1n) is 4.42. The van der Waals surface area contributed by atoms with E-state index in [4.69, 9.17) is 6.42 Å². The molecule has 0 nitrogen and oxygen atoms in total. The van der Waals surface area contributed by atoms with Crippen LogP contribution < -0.4 is 0 Å². The van der Waals surface area contributed by atoms with Crippen LogP contribution in [0, 0.1) is 12.3 Å². The van der Waals surface area contributed by atoms with Gasteiger partial charge in [0, 0.05) is 15.3 Å². The lowest BCUT2D eigenvalue weighted by atomic mass is 10.1. The monoisotopic (exact) mass is 190 g/mol. The molecule has 0 atom stereocenters. The second-order valence-corrected chi connectivity index (χ2v) is 4.34. The molecule has 0 radical (unpaired) electrons. The molecular weight excluding hydrogens is 176 g/mol. The molecule has 0 aliphatic carbocycles. The minimum atomic E-state index is 0.566. The molecule has 0 aromatic carbocycles. The molecule has 0 saturated carbocycles. The quantitative estimate of drug-likeness (QED) is 0.621. The normalized spacial score (nSPS) is 11.0. The van der Waals surface area contributed by atoms with Gasteiger partial charge in [-0.1, -0.05) is 25.8 Å². The molecule has 1 aromatic heterocycles. The Hall–Kier alpha value is -1.00. The Morgan fingerprint density at radius 2 is 2.23 bits per heavy atom. The van der Waals surface area contributed by atoms with Crippen LogP contribution in [0.15, 0.2) is 12.1 Å². The van der Waals surface area contributed by atoms with Gasteiger partial charge < -0.3 is 0 Å². The molecule has 1 heteroatoms. The predicted octanol–water partition coefficient (Wildman–Crippen LogP) is 3.89. The van der Waals surface area contributed by atoms with Crippen LogP contribution in [0.2, 0.25) is 0 Å². The van der Waals surface area contributed by atoms with Gasteiger partial charge in [0.05, 0.1) is 0 Å². The lowest BCUT2D eigenvalue weighted by Crippen LogP contribution is -1.78. The summed E-state index contributed by atoms with van der Waals surface area (Å²) in [6.45, 7) is 6.38. The van der Waals surface area contributed by atoms with Crippen molar-refractivity contribution in [1.82, 2.24) is 0 Å². The Labute approximate surface area is 84.3 Å². The van der Waals surface area contributed by atoms with E-state index in [-0.39, 0.29) is 0 Å². The fraction of sp³-hybridized carbons (Fsp3) is 0.333. The van der Waals surface area contributed by atoms with E-state index in [9.17, 15) is 0 Å². The van der Waals surface area contributed by atoms with Crippen molar-refractivity contribution >= 4 is 17.4 Å². The topological polar surface area (TPSA) is 0 Å². The van der Waals surface area contributed by atoms with Crippen molar-refractivity contribution in [2.75, 3.05) is 0 Å². The summed E-state index contributed by atoms with van der Waals surface area (Å²) < 4.78 is 0. The number of terminal acetylenes is 1. The average Bonchev–Trinajstić information content (AvgIpc) is 2.48. The summed E-state index contributed by atoms with van der Waals surface area (Å²) in [5, 5.41) is 0. The van der Waals surface area contributed by atoms with Crippen molar-refractivity contribution in [3.8, 4) is 12.3 Å². The van der Waals surface area contributed by atoms with E-state index < -0.39 is 0 Å². The highest BCUT2D eigenvalue weighted by Crippen LogP contribution is 2.28. The minimum Gasteiger partial charge on any atom is -0.139 e. The third kappa shape index (κ3) is 2.23. The highest BCUT2D eigenvalue weighted by molar-refractivity contribution is 7.13. The summed E-state index contributed by atoms with van der Waals surface area (Å²) >= 11 is 1.79. The second-order valence-electron chi connectivity index (χ2n) is 3.23. The van der Waals surface area contributed by atoms with Crippen molar-refractivity contribution in [3.63, 3.8) is 0 Å². The maximum Gasteiger partial charge on any atom is 0.0426 e. The van der Waals surface area contributed by atoms with Crippen LogP contribution in [0.4, 0.5) is 0 Å². The summed E-state index contributed by atoms with van der Waals surface area (Å²) in [4.78, 5) is 2.56. The Kier molecular flexibility index (Phi) is 3.33. The van der Waals surface area contributed by atoms with Crippen molar-refractivity contribution in [1.29, 1.82) is 0 Å². The first-order chi connectivity index (χ1) is 6.19. The molecule has 0 N–H and O–H groups in total. The zero-order chi connectivity index (χ0) is 9.84. The lowest BCUT2D eigenvalue weighted by molar-refractivity contribution is 0.889. The SMILES string of the molecule is C#Cc1cc(C(C)C)sc1/C=C\C. The van der Waals surface area contributed by atoms with E-state index in [1.807, 2.05) is 13.0 Å². The molecule has 0 spiro atoms. The number of allylic oxidation sites excluding steroid dienone is 1. The highest BCUT2D eigenvalue weighted by Gasteiger charge is 2.07. The standard InChI is InChI=1S/C12H14S/c1-5-7-11-10(6-2)8-12(13-11)9(3)4/h2,5,7-9H,1,3-4H3/b7-5-.